The molecule has 0 amide bonds. The highest BCUT2D eigenvalue weighted by atomic mass is 15.0. The van der Waals surface area contributed by atoms with Crippen molar-refractivity contribution in [3.63, 3.8) is 0 Å². The predicted molar refractivity (Wildman–Crippen MR) is 72.7 cm³/mol. The minimum Gasteiger partial charge on any atom is -0.340 e. The van der Waals surface area contributed by atoms with Crippen molar-refractivity contribution < 1.29 is 0 Å². The molecule has 18 heavy (non-hydrogen) atoms. The van der Waals surface area contributed by atoms with Crippen LogP contribution in [0.5, 0.6) is 0 Å². The van der Waals surface area contributed by atoms with Crippen LogP contribution in [0.15, 0.2) is 42.5 Å². The molecule has 0 fully saturated rings. The fourth-order valence-electron chi connectivity index (χ4n) is 1.76. The van der Waals surface area contributed by atoms with E-state index in [1.807, 2.05) is 30.3 Å². The molecule has 0 aliphatic rings. The van der Waals surface area contributed by atoms with Gasteiger partial charge in [-0.2, -0.15) is 5.26 Å². The zero-order valence-corrected chi connectivity index (χ0v) is 10.4. The molecule has 0 spiro atoms. The van der Waals surface area contributed by atoms with Gasteiger partial charge in [0.25, 0.3) is 0 Å². The number of aryl methyl sites for hydroxylation is 1. The van der Waals surface area contributed by atoms with E-state index >= 15 is 0 Å². The molecule has 0 atom stereocenters. The van der Waals surface area contributed by atoms with Gasteiger partial charge in [0.05, 0.1) is 0 Å². The van der Waals surface area contributed by atoms with Gasteiger partial charge in [-0.15, -0.1) is 0 Å². The second-order valence-electron chi connectivity index (χ2n) is 4.09. The molecule has 0 saturated heterocycles. The minimum absolute atomic E-state index is 0.419. The summed E-state index contributed by atoms with van der Waals surface area (Å²) in [6, 6.07) is 15.7. The smallest absolute Gasteiger partial charge is 0.142 e. The van der Waals surface area contributed by atoms with Crippen LogP contribution in [0.25, 0.3) is 0 Å². The van der Waals surface area contributed by atoms with E-state index < -0.39 is 0 Å². The monoisotopic (exact) mass is 237 g/mol. The quantitative estimate of drug-likeness (QED) is 0.883. The molecule has 2 aromatic rings. The van der Waals surface area contributed by atoms with Gasteiger partial charge in [-0.05, 0) is 36.2 Å². The van der Waals surface area contributed by atoms with E-state index in [1.165, 1.54) is 5.56 Å². The predicted octanol–water partition coefficient (Wildman–Crippen LogP) is 3.65. The van der Waals surface area contributed by atoms with Crippen LogP contribution in [0, 0.1) is 11.3 Å². The zero-order valence-electron chi connectivity index (χ0n) is 10.4. The first-order chi connectivity index (χ1) is 8.81. The molecule has 3 nitrogen and oxygen atoms in total. The Morgan fingerprint density at radius 2 is 1.94 bits per heavy atom. The van der Waals surface area contributed by atoms with Gasteiger partial charge in [-0.1, -0.05) is 31.5 Å². The van der Waals surface area contributed by atoms with Crippen molar-refractivity contribution in [1.82, 2.24) is 4.98 Å². The average molecular weight is 237 g/mol. The highest BCUT2D eigenvalue weighted by Crippen LogP contribution is 2.16. The van der Waals surface area contributed by atoms with Crippen molar-refractivity contribution >= 4 is 11.5 Å². The average Bonchev–Trinajstić information content (AvgIpc) is 2.42. The van der Waals surface area contributed by atoms with Crippen molar-refractivity contribution in [3.05, 3.63) is 53.7 Å². The molecular weight excluding hydrogens is 222 g/mol. The molecule has 0 unspecified atom stereocenters. The third kappa shape index (κ3) is 3.08. The lowest BCUT2D eigenvalue weighted by Crippen LogP contribution is -1.95. The third-order valence-electron chi connectivity index (χ3n) is 2.63. The minimum atomic E-state index is 0.419. The Labute approximate surface area is 107 Å². The Balaban J connectivity index is 2.11. The number of hydrogen-bond donors (Lipinski definition) is 1. The molecular formula is C15H15N3. The van der Waals surface area contributed by atoms with E-state index in [1.54, 1.807) is 6.07 Å². The number of hydrogen-bond acceptors (Lipinski definition) is 3. The second-order valence-corrected chi connectivity index (χ2v) is 4.09. The molecule has 1 aromatic heterocycles. The number of anilines is 2. The summed E-state index contributed by atoms with van der Waals surface area (Å²) < 4.78 is 0. The largest absolute Gasteiger partial charge is 0.340 e. The Hall–Kier alpha value is -2.34. The Bertz CT molecular complexity index is 553. The van der Waals surface area contributed by atoms with Crippen LogP contribution in [0.1, 0.15) is 24.6 Å². The summed E-state index contributed by atoms with van der Waals surface area (Å²) in [5.41, 5.74) is 2.74. The molecule has 0 bridgehead atoms. The number of benzene rings is 1. The summed E-state index contributed by atoms with van der Waals surface area (Å²) in [4.78, 5) is 4.17. The lowest BCUT2D eigenvalue weighted by molar-refractivity contribution is 0.922. The van der Waals surface area contributed by atoms with Crippen LogP contribution < -0.4 is 5.32 Å². The second kappa shape index (κ2) is 5.83. The first-order valence-corrected chi connectivity index (χ1v) is 6.05. The van der Waals surface area contributed by atoms with Crippen molar-refractivity contribution in [3.8, 4) is 6.07 Å². The standard InChI is InChI=1S/C15H15N3/c1-2-4-12-7-9-13(10-8-12)17-15-6-3-5-14(11-16)18-15/h3,5-10H,2,4H2,1H3,(H,17,18). The summed E-state index contributed by atoms with van der Waals surface area (Å²) in [6.45, 7) is 2.17. The highest BCUT2D eigenvalue weighted by Gasteiger charge is 1.98. The molecule has 2 rings (SSSR count). The van der Waals surface area contributed by atoms with E-state index in [0.717, 1.165) is 18.5 Å². The van der Waals surface area contributed by atoms with Gasteiger partial charge in [0.15, 0.2) is 0 Å². The van der Waals surface area contributed by atoms with Gasteiger partial charge in [-0.3, -0.25) is 0 Å². The summed E-state index contributed by atoms with van der Waals surface area (Å²) in [5, 5.41) is 12.0. The lowest BCUT2D eigenvalue weighted by atomic mass is 10.1. The van der Waals surface area contributed by atoms with Crippen LogP contribution in [-0.4, -0.2) is 4.98 Å². The van der Waals surface area contributed by atoms with Crippen molar-refractivity contribution in [1.29, 1.82) is 5.26 Å². The van der Waals surface area contributed by atoms with Crippen molar-refractivity contribution in [2.75, 3.05) is 5.32 Å². The van der Waals surface area contributed by atoms with Crippen molar-refractivity contribution in [2.24, 2.45) is 0 Å². The summed E-state index contributed by atoms with van der Waals surface area (Å²) in [5.74, 6) is 0.692. The maximum absolute atomic E-state index is 8.78. The van der Waals surface area contributed by atoms with Crippen LogP contribution in [0.3, 0.4) is 0 Å². The number of pyridine rings is 1. The van der Waals surface area contributed by atoms with Gasteiger partial charge >= 0.3 is 0 Å². The number of aromatic nitrogens is 1. The van der Waals surface area contributed by atoms with E-state index in [4.69, 9.17) is 5.26 Å². The van der Waals surface area contributed by atoms with E-state index in [-0.39, 0.29) is 0 Å². The summed E-state index contributed by atoms with van der Waals surface area (Å²) in [7, 11) is 0. The maximum atomic E-state index is 8.78. The fourth-order valence-corrected chi connectivity index (χ4v) is 1.76. The van der Waals surface area contributed by atoms with Gasteiger partial charge < -0.3 is 5.32 Å². The molecule has 0 saturated carbocycles. The molecule has 90 valence electrons. The highest BCUT2D eigenvalue weighted by molar-refractivity contribution is 5.56. The molecule has 1 heterocycles. The van der Waals surface area contributed by atoms with Crippen molar-refractivity contribution in [2.45, 2.75) is 19.8 Å². The maximum Gasteiger partial charge on any atom is 0.142 e. The molecule has 1 N–H and O–H groups in total. The Morgan fingerprint density at radius 3 is 2.61 bits per heavy atom. The number of nitrogens with one attached hydrogen (secondary N) is 1. The Kier molecular flexibility index (Phi) is 3.93. The van der Waals surface area contributed by atoms with Gasteiger partial charge in [0, 0.05) is 5.69 Å². The first-order valence-electron chi connectivity index (χ1n) is 6.05. The molecule has 0 radical (unpaired) electrons. The van der Waals surface area contributed by atoms with E-state index in [0.29, 0.717) is 11.5 Å². The first kappa shape index (κ1) is 12.1. The van der Waals surface area contributed by atoms with Gasteiger partial charge in [0.1, 0.15) is 17.6 Å². The number of rotatable bonds is 4. The summed E-state index contributed by atoms with van der Waals surface area (Å²) >= 11 is 0. The van der Waals surface area contributed by atoms with Crippen LogP contribution in [-0.2, 0) is 6.42 Å². The normalized spacial score (nSPS) is 9.78. The lowest BCUT2D eigenvalue weighted by Gasteiger charge is -2.06. The van der Waals surface area contributed by atoms with Crippen LogP contribution >= 0.6 is 0 Å². The SMILES string of the molecule is CCCc1ccc(Nc2cccc(C#N)n2)cc1. The van der Waals surface area contributed by atoms with Crippen LogP contribution in [0.4, 0.5) is 11.5 Å². The zero-order chi connectivity index (χ0) is 12.8. The van der Waals surface area contributed by atoms with Crippen LogP contribution in [0.2, 0.25) is 0 Å². The van der Waals surface area contributed by atoms with Gasteiger partial charge in [0.2, 0.25) is 0 Å². The van der Waals surface area contributed by atoms with Gasteiger partial charge in [-0.25, -0.2) is 4.98 Å². The molecule has 0 aliphatic carbocycles. The fraction of sp³-hybridized carbons (Fsp3) is 0.200. The molecule has 0 aliphatic heterocycles. The topological polar surface area (TPSA) is 48.7 Å². The third-order valence-corrected chi connectivity index (χ3v) is 2.63. The van der Waals surface area contributed by atoms with E-state index in [2.05, 4.69) is 29.4 Å². The Morgan fingerprint density at radius 1 is 1.17 bits per heavy atom. The molecule has 1 aromatic carbocycles. The molecule has 3 heteroatoms. The van der Waals surface area contributed by atoms with E-state index in [9.17, 15) is 0 Å². The summed E-state index contributed by atoms with van der Waals surface area (Å²) in [6.07, 6.45) is 2.25. The number of nitriles is 1. The number of nitrogens with zero attached hydrogens (tertiary/aromatic N) is 2.